The molecule has 2 aliphatic rings. The molecule has 2 saturated heterocycles. The Bertz CT molecular complexity index is 558. The number of piperidine rings is 2. The molecule has 1 aromatic heterocycles. The van der Waals surface area contributed by atoms with Crippen LogP contribution < -0.4 is 5.73 Å². The summed E-state index contributed by atoms with van der Waals surface area (Å²) < 4.78 is 2.19. The highest BCUT2D eigenvalue weighted by molar-refractivity contribution is 5.04. The van der Waals surface area contributed by atoms with E-state index in [1.807, 2.05) is 0 Å². The zero-order chi connectivity index (χ0) is 18.0. The van der Waals surface area contributed by atoms with Crippen LogP contribution in [0.3, 0.4) is 0 Å². The van der Waals surface area contributed by atoms with Gasteiger partial charge in [-0.25, -0.2) is 0 Å². The van der Waals surface area contributed by atoms with Crippen LogP contribution in [0.5, 0.6) is 0 Å². The summed E-state index contributed by atoms with van der Waals surface area (Å²) in [5.41, 5.74) is 6.04. The van der Waals surface area contributed by atoms with Gasteiger partial charge in [-0.1, -0.05) is 0 Å². The minimum absolute atomic E-state index is 0.133. The number of aliphatic hydroxyl groups excluding tert-OH is 1. The largest absolute Gasteiger partial charge is 0.393 e. The SMILES string of the molecule is Cn1c(CN2CCC(O)CC2)nnc1[C@H]1CCCN(CC(C)(C)N)C1. The Morgan fingerprint density at radius 1 is 1.12 bits per heavy atom. The maximum Gasteiger partial charge on any atom is 0.146 e. The molecular weight excluding hydrogens is 316 g/mol. The summed E-state index contributed by atoms with van der Waals surface area (Å²) >= 11 is 0. The lowest BCUT2D eigenvalue weighted by atomic mass is 9.95. The first kappa shape index (κ1) is 18.8. The van der Waals surface area contributed by atoms with Crippen molar-refractivity contribution in [3.63, 3.8) is 0 Å². The van der Waals surface area contributed by atoms with E-state index in [1.54, 1.807) is 0 Å². The smallest absolute Gasteiger partial charge is 0.146 e. The van der Waals surface area contributed by atoms with Crippen molar-refractivity contribution < 1.29 is 5.11 Å². The molecule has 0 saturated carbocycles. The van der Waals surface area contributed by atoms with Crippen molar-refractivity contribution >= 4 is 0 Å². The van der Waals surface area contributed by atoms with E-state index in [2.05, 4.69) is 45.5 Å². The van der Waals surface area contributed by atoms with Crippen molar-refractivity contribution in [2.75, 3.05) is 32.7 Å². The fourth-order valence-electron chi connectivity index (χ4n) is 4.13. The highest BCUT2D eigenvalue weighted by Crippen LogP contribution is 2.26. The van der Waals surface area contributed by atoms with Crippen LogP contribution in [0.25, 0.3) is 0 Å². The molecule has 3 N–H and O–H groups in total. The van der Waals surface area contributed by atoms with Gasteiger partial charge < -0.3 is 20.3 Å². The van der Waals surface area contributed by atoms with E-state index in [0.717, 1.165) is 63.8 Å². The van der Waals surface area contributed by atoms with Gasteiger partial charge in [0.1, 0.15) is 11.6 Å². The van der Waals surface area contributed by atoms with E-state index < -0.39 is 0 Å². The summed E-state index contributed by atoms with van der Waals surface area (Å²) in [6, 6.07) is 0. The van der Waals surface area contributed by atoms with Crippen LogP contribution >= 0.6 is 0 Å². The number of aromatic nitrogens is 3. The average molecular weight is 351 g/mol. The van der Waals surface area contributed by atoms with E-state index in [-0.39, 0.29) is 11.6 Å². The van der Waals surface area contributed by atoms with Gasteiger partial charge in [-0.3, -0.25) is 4.90 Å². The zero-order valence-corrected chi connectivity index (χ0v) is 16.0. The number of likely N-dealkylation sites (tertiary alicyclic amines) is 2. The van der Waals surface area contributed by atoms with Crippen molar-refractivity contribution in [1.29, 1.82) is 0 Å². The van der Waals surface area contributed by atoms with E-state index in [0.29, 0.717) is 5.92 Å². The van der Waals surface area contributed by atoms with Gasteiger partial charge in [0.05, 0.1) is 12.6 Å². The van der Waals surface area contributed by atoms with Crippen LogP contribution in [0.2, 0.25) is 0 Å². The molecule has 0 unspecified atom stereocenters. The Morgan fingerprint density at radius 3 is 2.52 bits per heavy atom. The third kappa shape index (κ3) is 5.00. The minimum Gasteiger partial charge on any atom is -0.393 e. The second-order valence-corrected chi connectivity index (χ2v) is 8.60. The van der Waals surface area contributed by atoms with Crippen LogP contribution in [0.1, 0.15) is 57.1 Å². The molecule has 3 rings (SSSR count). The Balaban J connectivity index is 1.62. The number of aliphatic hydroxyl groups is 1. The lowest BCUT2D eigenvalue weighted by Gasteiger charge is -2.36. The van der Waals surface area contributed by atoms with Crippen molar-refractivity contribution in [3.8, 4) is 0 Å². The van der Waals surface area contributed by atoms with Crippen molar-refractivity contribution in [2.24, 2.45) is 12.8 Å². The van der Waals surface area contributed by atoms with Gasteiger partial charge in [-0.05, 0) is 46.1 Å². The first-order chi connectivity index (χ1) is 11.8. The molecule has 0 radical (unpaired) electrons. The molecule has 1 atom stereocenters. The molecule has 0 amide bonds. The summed E-state index contributed by atoms with van der Waals surface area (Å²) in [5.74, 6) is 2.57. The molecule has 0 spiro atoms. The molecule has 142 valence electrons. The summed E-state index contributed by atoms with van der Waals surface area (Å²) in [7, 11) is 2.09. The second kappa shape index (κ2) is 7.70. The van der Waals surface area contributed by atoms with Crippen LogP contribution in [0.15, 0.2) is 0 Å². The highest BCUT2D eigenvalue weighted by Gasteiger charge is 2.28. The van der Waals surface area contributed by atoms with Gasteiger partial charge in [-0.15, -0.1) is 10.2 Å². The molecule has 2 fully saturated rings. The van der Waals surface area contributed by atoms with Gasteiger partial charge in [-0.2, -0.15) is 0 Å². The van der Waals surface area contributed by atoms with Crippen LogP contribution in [0, 0.1) is 0 Å². The molecule has 7 heteroatoms. The first-order valence-electron chi connectivity index (χ1n) is 9.61. The lowest BCUT2D eigenvalue weighted by molar-refractivity contribution is 0.0775. The van der Waals surface area contributed by atoms with Crippen molar-refractivity contribution in [1.82, 2.24) is 24.6 Å². The zero-order valence-electron chi connectivity index (χ0n) is 16.0. The third-order valence-electron chi connectivity index (χ3n) is 5.42. The average Bonchev–Trinajstić information content (AvgIpc) is 2.89. The predicted molar refractivity (Wildman–Crippen MR) is 98.2 cm³/mol. The number of rotatable bonds is 5. The highest BCUT2D eigenvalue weighted by atomic mass is 16.3. The molecule has 2 aliphatic heterocycles. The number of hydrogen-bond acceptors (Lipinski definition) is 6. The molecular formula is C18H34N6O. The van der Waals surface area contributed by atoms with Crippen molar-refractivity contribution in [2.45, 2.75) is 63.6 Å². The van der Waals surface area contributed by atoms with E-state index in [9.17, 15) is 5.11 Å². The standard InChI is InChI=1S/C18H34N6O/c1-18(2,19)13-24-8-4-5-14(11-24)17-21-20-16(22(17)3)12-23-9-6-15(25)7-10-23/h14-15,25H,4-13,19H2,1-3H3/t14-/m0/s1. The summed E-state index contributed by atoms with van der Waals surface area (Å²) in [6.07, 6.45) is 3.94. The Labute approximate surface area is 151 Å². The predicted octanol–water partition coefficient (Wildman–Crippen LogP) is 0.689. The quantitative estimate of drug-likeness (QED) is 0.813. The van der Waals surface area contributed by atoms with E-state index in [1.165, 1.54) is 12.8 Å². The van der Waals surface area contributed by atoms with Crippen molar-refractivity contribution in [3.05, 3.63) is 11.6 Å². The van der Waals surface area contributed by atoms with E-state index >= 15 is 0 Å². The molecule has 3 heterocycles. The van der Waals surface area contributed by atoms with Crippen LogP contribution in [0.4, 0.5) is 0 Å². The Morgan fingerprint density at radius 2 is 1.84 bits per heavy atom. The third-order valence-corrected chi connectivity index (χ3v) is 5.42. The molecule has 0 aromatic carbocycles. The van der Waals surface area contributed by atoms with Gasteiger partial charge in [0.15, 0.2) is 0 Å². The van der Waals surface area contributed by atoms with Gasteiger partial charge in [0, 0.05) is 44.7 Å². The lowest BCUT2D eigenvalue weighted by Crippen LogP contribution is -2.48. The summed E-state index contributed by atoms with van der Waals surface area (Å²) in [6.45, 7) is 9.94. The molecule has 0 bridgehead atoms. The number of hydrogen-bond donors (Lipinski definition) is 2. The van der Waals surface area contributed by atoms with Gasteiger partial charge >= 0.3 is 0 Å². The molecule has 25 heavy (non-hydrogen) atoms. The monoisotopic (exact) mass is 350 g/mol. The fourth-order valence-corrected chi connectivity index (χ4v) is 4.13. The Hall–Kier alpha value is -1.02. The second-order valence-electron chi connectivity index (χ2n) is 8.60. The molecule has 0 aliphatic carbocycles. The maximum atomic E-state index is 9.65. The normalized spacial score (nSPS) is 24.8. The Kier molecular flexibility index (Phi) is 5.78. The van der Waals surface area contributed by atoms with Crippen LogP contribution in [-0.2, 0) is 13.6 Å². The fraction of sp³-hybridized carbons (Fsp3) is 0.889. The first-order valence-corrected chi connectivity index (χ1v) is 9.61. The molecule has 7 nitrogen and oxygen atoms in total. The maximum absolute atomic E-state index is 9.65. The summed E-state index contributed by atoms with van der Waals surface area (Å²) in [5, 5.41) is 18.7. The number of nitrogens with zero attached hydrogens (tertiary/aromatic N) is 5. The topological polar surface area (TPSA) is 83.4 Å². The minimum atomic E-state index is -0.161. The van der Waals surface area contributed by atoms with Gasteiger partial charge in [0.2, 0.25) is 0 Å². The summed E-state index contributed by atoms with van der Waals surface area (Å²) in [4.78, 5) is 4.83. The molecule has 1 aromatic rings. The number of nitrogens with two attached hydrogens (primary N) is 1. The van der Waals surface area contributed by atoms with E-state index in [4.69, 9.17) is 5.73 Å². The van der Waals surface area contributed by atoms with Crippen LogP contribution in [-0.4, -0.2) is 74.0 Å². The van der Waals surface area contributed by atoms with Gasteiger partial charge in [0.25, 0.3) is 0 Å².